The van der Waals surface area contributed by atoms with Gasteiger partial charge >= 0.3 is 63.3 Å². The number of carbonyl (C=O) groups is 2. The maximum absolute atomic E-state index is 9.10. The molecule has 0 aromatic carbocycles. The summed E-state index contributed by atoms with van der Waals surface area (Å²) in [4.78, 5) is 18.2. The average molecular weight is 221 g/mol. The van der Waals surface area contributed by atoms with Crippen LogP contribution in [0.2, 0.25) is 0 Å². The fraction of sp³-hybridized carbons (Fsp3) is 0. The molecule has 0 fully saturated rings. The third kappa shape index (κ3) is 10.4. The van der Waals surface area contributed by atoms with Crippen LogP contribution in [0.4, 0.5) is 0 Å². The fourth-order valence-corrected chi connectivity index (χ4v) is 0. The van der Waals surface area contributed by atoms with Crippen LogP contribution < -0.4 is 51.4 Å². The molecule has 40 valence electrons. The van der Waals surface area contributed by atoms with Crippen LogP contribution in [-0.2, 0) is 35.8 Å². The van der Waals surface area contributed by atoms with Gasteiger partial charge in [0.05, 0.1) is 0 Å². The van der Waals surface area contributed by atoms with E-state index in [0.29, 0.717) is 0 Å². The van der Waals surface area contributed by atoms with Crippen molar-refractivity contribution < 1.29 is 98.8 Å². The van der Waals surface area contributed by atoms with Crippen LogP contribution in [0.1, 0.15) is 1.43 Å². The second kappa shape index (κ2) is 8.46. The number of rotatable bonds is 0. The van der Waals surface area contributed by atoms with Crippen molar-refractivity contribution in [3.63, 3.8) is 0 Å². The number of aliphatic carboxylic acids is 2. The number of hydrogen-bond donors (Lipinski definition) is 2. The summed E-state index contributed by atoms with van der Waals surface area (Å²) in [5.41, 5.74) is 0. The van der Waals surface area contributed by atoms with Gasteiger partial charge in [-0.3, -0.25) is 0 Å². The van der Waals surface area contributed by atoms with E-state index in [2.05, 4.69) is 0 Å². The molecule has 0 radical (unpaired) electrons. The molecule has 0 aromatic heterocycles. The summed E-state index contributed by atoms with van der Waals surface area (Å²) in [6.07, 6.45) is 0. The largest absolute Gasteiger partial charge is 1.00 e. The van der Waals surface area contributed by atoms with Crippen LogP contribution in [0.5, 0.6) is 0 Å². The first-order valence-corrected chi connectivity index (χ1v) is 1.11. The quantitative estimate of drug-likeness (QED) is 0.326. The third-order valence-corrected chi connectivity index (χ3v) is 0.183. The van der Waals surface area contributed by atoms with E-state index < -0.39 is 11.9 Å². The molecule has 6 heteroatoms. The predicted molar refractivity (Wildman–Crippen MR) is 16.4 cm³/mol. The average Bonchev–Trinajstić information content (AvgIpc) is 1.36. The molecule has 2 N–H and O–H groups in total. The van der Waals surface area contributed by atoms with Crippen molar-refractivity contribution in [1.82, 2.24) is 0 Å². The second-order valence-electron chi connectivity index (χ2n) is 0.610. The van der Waals surface area contributed by atoms with Gasteiger partial charge in [-0.25, -0.2) is 9.59 Å². The molecule has 0 aliphatic heterocycles. The minimum Gasteiger partial charge on any atom is -1.00 e. The fourth-order valence-electron chi connectivity index (χ4n) is 0. The zero-order chi connectivity index (χ0) is 5.15. The maximum Gasteiger partial charge on any atom is 1.00 e. The van der Waals surface area contributed by atoms with Crippen LogP contribution in [0.3, 0.4) is 0 Å². The Morgan fingerprint density at radius 2 is 1.25 bits per heavy atom. The molecular formula is C2H3KO4Zr. The van der Waals surface area contributed by atoms with Crippen molar-refractivity contribution in [2.45, 2.75) is 0 Å². The van der Waals surface area contributed by atoms with Gasteiger partial charge in [0.1, 0.15) is 0 Å². The smallest absolute Gasteiger partial charge is 1.00 e. The van der Waals surface area contributed by atoms with Gasteiger partial charge in [-0.1, -0.05) is 0 Å². The molecule has 0 saturated heterocycles. The molecule has 0 atom stereocenters. The molecule has 0 heterocycles. The standard InChI is InChI=1S/C2H2O4.K.Zr.H/c3-1(4)2(5)6;;;/h(H,3,4)(H,5,6);;;/q;+1;;-1. The first-order chi connectivity index (χ1) is 2.64. The van der Waals surface area contributed by atoms with E-state index in [4.69, 9.17) is 19.8 Å². The monoisotopic (exact) mass is 220 g/mol. The minimum atomic E-state index is -1.82. The van der Waals surface area contributed by atoms with Gasteiger partial charge in [-0.2, -0.15) is 0 Å². The van der Waals surface area contributed by atoms with Gasteiger partial charge in [-0.15, -0.1) is 0 Å². The Morgan fingerprint density at radius 3 is 1.25 bits per heavy atom. The Hall–Kier alpha value is 1.46. The van der Waals surface area contributed by atoms with Crippen LogP contribution in [0.15, 0.2) is 0 Å². The van der Waals surface area contributed by atoms with Crippen molar-refractivity contribution in [2.75, 3.05) is 0 Å². The summed E-state index contributed by atoms with van der Waals surface area (Å²) < 4.78 is 0. The molecule has 0 unspecified atom stereocenters. The number of hydrogen-bond acceptors (Lipinski definition) is 2. The molecular weight excluding hydrogens is 218 g/mol. The van der Waals surface area contributed by atoms with E-state index in [9.17, 15) is 0 Å². The molecule has 0 bridgehead atoms. The van der Waals surface area contributed by atoms with E-state index in [-0.39, 0.29) is 79.0 Å². The van der Waals surface area contributed by atoms with Crippen molar-refractivity contribution in [3.8, 4) is 0 Å². The Labute approximate surface area is 109 Å². The zero-order valence-corrected chi connectivity index (χ0v) is 9.79. The van der Waals surface area contributed by atoms with Crippen LogP contribution in [0, 0.1) is 0 Å². The first-order valence-electron chi connectivity index (χ1n) is 1.11. The van der Waals surface area contributed by atoms with Crippen molar-refractivity contribution >= 4 is 11.9 Å². The van der Waals surface area contributed by atoms with Gasteiger partial charge in [0, 0.05) is 26.2 Å². The maximum atomic E-state index is 9.10. The second-order valence-corrected chi connectivity index (χ2v) is 0.610. The van der Waals surface area contributed by atoms with E-state index in [0.717, 1.165) is 0 Å². The molecule has 0 spiro atoms. The Morgan fingerprint density at radius 1 is 1.12 bits per heavy atom. The molecule has 0 amide bonds. The van der Waals surface area contributed by atoms with Crippen molar-refractivity contribution in [3.05, 3.63) is 0 Å². The number of carboxylic acid groups (broad SMARTS) is 2. The molecule has 0 aromatic rings. The SMILES string of the molecule is O=C(O)C(=O)O.[H-].[K+].[Zr]. The van der Waals surface area contributed by atoms with Gasteiger partial charge in [0.25, 0.3) is 0 Å². The van der Waals surface area contributed by atoms with Crippen LogP contribution in [-0.4, -0.2) is 22.2 Å². The third-order valence-electron chi connectivity index (χ3n) is 0.183. The van der Waals surface area contributed by atoms with Crippen LogP contribution >= 0.6 is 0 Å². The van der Waals surface area contributed by atoms with E-state index >= 15 is 0 Å². The topological polar surface area (TPSA) is 74.6 Å². The molecule has 0 aliphatic rings. The Bertz CT molecular complexity index is 84.6. The van der Waals surface area contributed by atoms with Crippen LogP contribution in [0.25, 0.3) is 0 Å². The Kier molecular flexibility index (Phi) is 17.2. The van der Waals surface area contributed by atoms with E-state index in [1.807, 2.05) is 0 Å². The number of carboxylic acids is 2. The summed E-state index contributed by atoms with van der Waals surface area (Å²) in [7, 11) is 0. The summed E-state index contributed by atoms with van der Waals surface area (Å²) >= 11 is 0. The van der Waals surface area contributed by atoms with E-state index in [1.54, 1.807) is 0 Å². The summed E-state index contributed by atoms with van der Waals surface area (Å²) in [5.74, 6) is -3.65. The van der Waals surface area contributed by atoms with E-state index in [1.165, 1.54) is 0 Å². The molecule has 0 saturated carbocycles. The normalized spacial score (nSPS) is 5.50. The predicted octanol–water partition coefficient (Wildman–Crippen LogP) is -3.73. The summed E-state index contributed by atoms with van der Waals surface area (Å²) in [5, 5.41) is 14.8. The summed E-state index contributed by atoms with van der Waals surface area (Å²) in [6, 6.07) is 0. The first kappa shape index (κ1) is 16.2. The molecule has 8 heavy (non-hydrogen) atoms. The summed E-state index contributed by atoms with van der Waals surface area (Å²) in [6.45, 7) is 0. The van der Waals surface area contributed by atoms with Gasteiger partial charge in [0.2, 0.25) is 0 Å². The molecule has 4 nitrogen and oxygen atoms in total. The minimum absolute atomic E-state index is 0. The van der Waals surface area contributed by atoms with Gasteiger partial charge in [-0.05, 0) is 0 Å². The van der Waals surface area contributed by atoms with Crippen molar-refractivity contribution in [1.29, 1.82) is 0 Å². The molecule has 0 rings (SSSR count). The Balaban J connectivity index is -0.0000000417. The van der Waals surface area contributed by atoms with Gasteiger partial charge < -0.3 is 11.6 Å². The van der Waals surface area contributed by atoms with Gasteiger partial charge in [0.15, 0.2) is 0 Å². The van der Waals surface area contributed by atoms with Crippen molar-refractivity contribution in [2.24, 2.45) is 0 Å². The zero-order valence-electron chi connectivity index (χ0n) is 5.21. The molecule has 0 aliphatic carbocycles.